The summed E-state index contributed by atoms with van der Waals surface area (Å²) < 4.78 is 6.56. The van der Waals surface area contributed by atoms with Crippen molar-refractivity contribution < 1.29 is 24.5 Å². The van der Waals surface area contributed by atoms with Gasteiger partial charge in [0.1, 0.15) is 5.58 Å². The van der Waals surface area contributed by atoms with Gasteiger partial charge in [0, 0.05) is 60.6 Å². The van der Waals surface area contributed by atoms with Crippen molar-refractivity contribution in [2.75, 3.05) is 0 Å². The molecule has 1 radical (unpaired) electrons. The van der Waals surface area contributed by atoms with E-state index in [9.17, 15) is 0 Å². The van der Waals surface area contributed by atoms with Gasteiger partial charge in [0.2, 0.25) is 0 Å². The molecule has 217 valence electrons. The third-order valence-corrected chi connectivity index (χ3v) is 7.63. The Hall–Kier alpha value is -4.70. The number of hydrogen-bond acceptors (Lipinski definition) is 4. The fraction of sp³-hybridized carbons (Fsp3) is 0.103. The Labute approximate surface area is 270 Å². The van der Waals surface area contributed by atoms with E-state index in [-0.39, 0.29) is 25.5 Å². The Bertz CT molecular complexity index is 2160. The third-order valence-electron chi connectivity index (χ3n) is 7.63. The van der Waals surface area contributed by atoms with Crippen LogP contribution in [0.25, 0.3) is 66.0 Å². The van der Waals surface area contributed by atoms with Crippen LogP contribution in [0, 0.1) is 12.1 Å². The molecular formula is C39H29IrN3O-2. The van der Waals surface area contributed by atoms with Crippen molar-refractivity contribution in [1.29, 1.82) is 0 Å². The summed E-state index contributed by atoms with van der Waals surface area (Å²) >= 11 is 0. The largest absolute Gasteiger partial charge is 0.500 e. The minimum absolute atomic E-state index is 0. The summed E-state index contributed by atoms with van der Waals surface area (Å²) in [5.41, 5.74) is 6.25. The first-order valence-corrected chi connectivity index (χ1v) is 14.4. The number of pyridine rings is 1. The first kappa shape index (κ1) is 29.4. The molecule has 44 heavy (non-hydrogen) atoms. The molecule has 3 heterocycles. The average Bonchev–Trinajstić information content (AvgIpc) is 3.44. The summed E-state index contributed by atoms with van der Waals surface area (Å²) in [7, 11) is 0. The second-order valence-electron chi connectivity index (χ2n) is 11.6. The van der Waals surface area contributed by atoms with Crippen LogP contribution < -0.4 is 0 Å². The normalized spacial score (nSPS) is 11.3. The smallest absolute Gasteiger partial charge is 0.129 e. The number of benzene rings is 5. The van der Waals surface area contributed by atoms with E-state index < -0.39 is 0 Å². The number of aromatic nitrogens is 3. The summed E-state index contributed by atoms with van der Waals surface area (Å²) in [6.07, 6.45) is 5.47. The molecule has 5 aromatic carbocycles. The SMILES string of the molecule is CC(C)(C)c1cnc(-c2[c-]ccc3c2oc2c3ccc3ccc4ccccc4c32)cn1.[Ir].[c-]1ccccc1-c1ccccn1. The van der Waals surface area contributed by atoms with Gasteiger partial charge in [0.05, 0.1) is 11.3 Å². The van der Waals surface area contributed by atoms with Gasteiger partial charge in [-0.05, 0) is 27.9 Å². The zero-order chi connectivity index (χ0) is 29.4. The second kappa shape index (κ2) is 12.1. The Balaban J connectivity index is 0.000000222. The van der Waals surface area contributed by atoms with Crippen molar-refractivity contribution in [2.45, 2.75) is 26.2 Å². The van der Waals surface area contributed by atoms with E-state index in [0.29, 0.717) is 0 Å². The molecule has 0 spiro atoms. The molecule has 5 heteroatoms. The topological polar surface area (TPSA) is 51.8 Å². The molecule has 0 aliphatic carbocycles. The summed E-state index contributed by atoms with van der Waals surface area (Å²) in [5, 5.41) is 6.90. The van der Waals surface area contributed by atoms with E-state index in [4.69, 9.17) is 9.40 Å². The summed E-state index contributed by atoms with van der Waals surface area (Å²) in [6.45, 7) is 6.41. The maximum atomic E-state index is 6.56. The molecule has 0 amide bonds. The van der Waals surface area contributed by atoms with Crippen LogP contribution >= 0.6 is 0 Å². The van der Waals surface area contributed by atoms with E-state index in [2.05, 4.69) is 97.5 Å². The minimum Gasteiger partial charge on any atom is -0.500 e. The molecule has 0 aliphatic rings. The van der Waals surface area contributed by atoms with Crippen LogP contribution in [-0.2, 0) is 25.5 Å². The van der Waals surface area contributed by atoms with Crippen molar-refractivity contribution in [3.05, 3.63) is 140 Å². The van der Waals surface area contributed by atoms with Crippen molar-refractivity contribution in [2.24, 2.45) is 0 Å². The van der Waals surface area contributed by atoms with Gasteiger partial charge < -0.3 is 14.4 Å². The molecule has 0 unspecified atom stereocenters. The fourth-order valence-electron chi connectivity index (χ4n) is 5.40. The van der Waals surface area contributed by atoms with Gasteiger partial charge in [-0.1, -0.05) is 92.4 Å². The van der Waals surface area contributed by atoms with E-state index in [0.717, 1.165) is 55.5 Å². The van der Waals surface area contributed by atoms with Crippen molar-refractivity contribution in [3.8, 4) is 22.5 Å². The fourth-order valence-corrected chi connectivity index (χ4v) is 5.40. The molecule has 0 aliphatic heterocycles. The van der Waals surface area contributed by atoms with Gasteiger partial charge in [-0.25, -0.2) is 0 Å². The third kappa shape index (κ3) is 5.53. The van der Waals surface area contributed by atoms with E-state index >= 15 is 0 Å². The number of furan rings is 1. The molecule has 0 atom stereocenters. The molecular weight excluding hydrogens is 719 g/mol. The summed E-state index contributed by atoms with van der Waals surface area (Å²) in [5.74, 6) is 0. The van der Waals surface area contributed by atoms with Gasteiger partial charge in [-0.3, -0.25) is 4.98 Å². The number of fused-ring (bicyclic) bond motifs is 7. The monoisotopic (exact) mass is 748 g/mol. The van der Waals surface area contributed by atoms with Crippen molar-refractivity contribution in [3.63, 3.8) is 0 Å². The van der Waals surface area contributed by atoms with Gasteiger partial charge in [-0.15, -0.1) is 54.1 Å². The van der Waals surface area contributed by atoms with Crippen molar-refractivity contribution in [1.82, 2.24) is 15.0 Å². The van der Waals surface area contributed by atoms with E-state index in [1.54, 1.807) is 6.20 Å². The Morgan fingerprint density at radius 2 is 1.36 bits per heavy atom. The summed E-state index contributed by atoms with van der Waals surface area (Å²) in [6, 6.07) is 41.3. The molecule has 4 nitrogen and oxygen atoms in total. The summed E-state index contributed by atoms with van der Waals surface area (Å²) in [4.78, 5) is 13.6. The Morgan fingerprint density at radius 3 is 2.11 bits per heavy atom. The van der Waals surface area contributed by atoms with Crippen LogP contribution in [-0.4, -0.2) is 15.0 Å². The molecule has 0 fully saturated rings. The standard InChI is InChI=1S/C28H21N2O.C11H8N.Ir/c1-28(2,3)24-16-29-23(15-30-24)22-10-6-9-20-21-14-13-18-12-11-17-7-4-5-8-19(17)25(18)27(21)31-26(20)22;1-2-6-10(7-3-1)11-8-4-5-9-12-11;/h4-9,11-16H,1-3H3;1-6,8-9H;/q2*-1;. The van der Waals surface area contributed by atoms with E-state index in [1.807, 2.05) is 60.9 Å². The molecule has 0 saturated carbocycles. The minimum atomic E-state index is -0.0411. The van der Waals surface area contributed by atoms with Crippen LogP contribution in [0.2, 0.25) is 0 Å². The van der Waals surface area contributed by atoms with E-state index in [1.165, 1.54) is 16.2 Å². The Morgan fingerprint density at radius 1 is 0.591 bits per heavy atom. The van der Waals surface area contributed by atoms with Gasteiger partial charge >= 0.3 is 0 Å². The van der Waals surface area contributed by atoms with Crippen LogP contribution in [0.15, 0.2) is 126 Å². The zero-order valence-corrected chi connectivity index (χ0v) is 27.0. The predicted molar refractivity (Wildman–Crippen MR) is 176 cm³/mol. The molecule has 8 rings (SSSR count). The van der Waals surface area contributed by atoms with Gasteiger partial charge in [0.15, 0.2) is 0 Å². The maximum Gasteiger partial charge on any atom is 0.129 e. The molecule has 0 N–H and O–H groups in total. The van der Waals surface area contributed by atoms with Crippen LogP contribution in [0.5, 0.6) is 0 Å². The molecule has 0 bridgehead atoms. The first-order chi connectivity index (χ1) is 21.0. The zero-order valence-electron chi connectivity index (χ0n) is 24.6. The second-order valence-corrected chi connectivity index (χ2v) is 11.6. The molecule has 3 aromatic heterocycles. The van der Waals surface area contributed by atoms with Gasteiger partial charge in [0.25, 0.3) is 0 Å². The average molecular weight is 748 g/mol. The number of nitrogens with zero attached hydrogens (tertiary/aromatic N) is 3. The predicted octanol–water partition coefficient (Wildman–Crippen LogP) is 9.99. The molecule has 0 saturated heterocycles. The maximum absolute atomic E-state index is 6.56. The molecule has 8 aromatic rings. The number of rotatable bonds is 2. The Kier molecular flexibility index (Phi) is 8.09. The van der Waals surface area contributed by atoms with Gasteiger partial charge in [-0.2, -0.15) is 0 Å². The van der Waals surface area contributed by atoms with Crippen LogP contribution in [0.3, 0.4) is 0 Å². The van der Waals surface area contributed by atoms with Crippen LogP contribution in [0.4, 0.5) is 0 Å². The van der Waals surface area contributed by atoms with Crippen LogP contribution in [0.1, 0.15) is 26.5 Å². The first-order valence-electron chi connectivity index (χ1n) is 14.4. The quantitative estimate of drug-likeness (QED) is 0.131. The number of hydrogen-bond donors (Lipinski definition) is 0. The van der Waals surface area contributed by atoms with Crippen molar-refractivity contribution >= 4 is 43.5 Å².